The summed E-state index contributed by atoms with van der Waals surface area (Å²) in [5.41, 5.74) is 6.49. The predicted molar refractivity (Wildman–Crippen MR) is 108 cm³/mol. The second-order valence-electron chi connectivity index (χ2n) is 7.38. The second-order valence-corrected chi connectivity index (χ2v) is 8.30. The maximum absolute atomic E-state index is 12.7. The zero-order valence-corrected chi connectivity index (χ0v) is 17.9. The van der Waals surface area contributed by atoms with E-state index in [-0.39, 0.29) is 35.9 Å². The highest BCUT2D eigenvalue weighted by Crippen LogP contribution is 2.49. The number of aryl methyl sites for hydroxylation is 1. The standard InChI is InChI=1S/C19H29BrN2O2.ClH/c1-5-24-16-12-19(21,18(16,3)4)17(23)22-13(2)6-7-14-8-10-15(20)11-9-14;/h8-11,13,16H,5-7,12,21H2,1-4H3,(H,22,23);1H. The molecule has 0 radical (unpaired) electrons. The minimum atomic E-state index is -0.849. The summed E-state index contributed by atoms with van der Waals surface area (Å²) in [6, 6.07) is 8.37. The molecule has 4 nitrogen and oxygen atoms in total. The van der Waals surface area contributed by atoms with Crippen LogP contribution >= 0.6 is 28.3 Å². The largest absolute Gasteiger partial charge is 0.378 e. The molecule has 1 amide bonds. The number of carbonyl (C=O) groups is 1. The third-order valence-electron chi connectivity index (χ3n) is 5.39. The summed E-state index contributed by atoms with van der Waals surface area (Å²) in [7, 11) is 0. The van der Waals surface area contributed by atoms with Crippen LogP contribution in [0.1, 0.15) is 46.1 Å². The third kappa shape index (κ3) is 4.76. The Balaban J connectivity index is 0.00000312. The van der Waals surface area contributed by atoms with E-state index in [0.29, 0.717) is 13.0 Å². The van der Waals surface area contributed by atoms with Gasteiger partial charge in [0.15, 0.2) is 0 Å². The Hall–Kier alpha value is -0.620. The molecule has 3 N–H and O–H groups in total. The molecular weight excluding hydrogens is 404 g/mol. The Morgan fingerprint density at radius 1 is 1.40 bits per heavy atom. The van der Waals surface area contributed by atoms with Gasteiger partial charge in [0.25, 0.3) is 0 Å². The van der Waals surface area contributed by atoms with Crippen LogP contribution in [-0.4, -0.2) is 30.2 Å². The van der Waals surface area contributed by atoms with Crippen molar-refractivity contribution in [3.05, 3.63) is 34.3 Å². The van der Waals surface area contributed by atoms with Crippen molar-refractivity contribution in [3.8, 4) is 0 Å². The highest BCUT2D eigenvalue weighted by Gasteiger charge is 2.62. The first-order valence-corrected chi connectivity index (χ1v) is 9.46. The molecule has 0 bridgehead atoms. The van der Waals surface area contributed by atoms with Gasteiger partial charge >= 0.3 is 0 Å². The minimum Gasteiger partial charge on any atom is -0.378 e. The molecule has 0 saturated heterocycles. The molecule has 1 aromatic rings. The predicted octanol–water partition coefficient (Wildman–Crippen LogP) is 3.84. The number of halogens is 2. The third-order valence-corrected chi connectivity index (χ3v) is 5.92. The molecule has 1 saturated carbocycles. The van der Waals surface area contributed by atoms with Gasteiger partial charge in [0.2, 0.25) is 5.91 Å². The van der Waals surface area contributed by atoms with Crippen LogP contribution in [0.15, 0.2) is 28.7 Å². The summed E-state index contributed by atoms with van der Waals surface area (Å²) in [5, 5.41) is 3.09. The van der Waals surface area contributed by atoms with Crippen molar-refractivity contribution in [2.45, 2.75) is 64.6 Å². The van der Waals surface area contributed by atoms with Gasteiger partial charge in [-0.25, -0.2) is 0 Å². The van der Waals surface area contributed by atoms with Crippen LogP contribution in [0.2, 0.25) is 0 Å². The van der Waals surface area contributed by atoms with Crippen molar-refractivity contribution in [1.82, 2.24) is 5.32 Å². The van der Waals surface area contributed by atoms with Gasteiger partial charge in [-0.3, -0.25) is 4.79 Å². The summed E-state index contributed by atoms with van der Waals surface area (Å²) in [5.74, 6) is -0.0632. The number of ether oxygens (including phenoxy) is 1. The number of nitrogens with two attached hydrogens (primary N) is 1. The van der Waals surface area contributed by atoms with E-state index in [0.717, 1.165) is 17.3 Å². The van der Waals surface area contributed by atoms with Crippen molar-refractivity contribution in [1.29, 1.82) is 0 Å². The van der Waals surface area contributed by atoms with Crippen LogP contribution in [0.5, 0.6) is 0 Å². The monoisotopic (exact) mass is 432 g/mol. The van der Waals surface area contributed by atoms with Crippen LogP contribution in [0, 0.1) is 5.41 Å². The molecule has 0 spiro atoms. The number of hydrogen-bond donors (Lipinski definition) is 2. The van der Waals surface area contributed by atoms with Gasteiger partial charge in [-0.05, 0) is 44.4 Å². The van der Waals surface area contributed by atoms with Crippen molar-refractivity contribution in [3.63, 3.8) is 0 Å². The zero-order valence-electron chi connectivity index (χ0n) is 15.5. The lowest BCUT2D eigenvalue weighted by Gasteiger charge is -2.57. The lowest BCUT2D eigenvalue weighted by Crippen LogP contribution is -2.76. The summed E-state index contributed by atoms with van der Waals surface area (Å²) < 4.78 is 6.77. The first-order chi connectivity index (χ1) is 11.2. The van der Waals surface area contributed by atoms with Crippen LogP contribution in [0.4, 0.5) is 0 Å². The molecule has 25 heavy (non-hydrogen) atoms. The Kier molecular flexibility index (Phi) is 7.94. The number of hydrogen-bond acceptors (Lipinski definition) is 3. The maximum atomic E-state index is 12.7. The Labute approximate surface area is 165 Å². The van der Waals surface area contributed by atoms with E-state index in [1.807, 2.05) is 39.8 Å². The van der Waals surface area contributed by atoms with Crippen LogP contribution in [-0.2, 0) is 16.0 Å². The van der Waals surface area contributed by atoms with Crippen LogP contribution < -0.4 is 11.1 Å². The summed E-state index contributed by atoms with van der Waals surface area (Å²) in [4.78, 5) is 12.7. The molecule has 142 valence electrons. The molecule has 6 heteroatoms. The van der Waals surface area contributed by atoms with Gasteiger partial charge in [-0.2, -0.15) is 0 Å². The van der Waals surface area contributed by atoms with E-state index < -0.39 is 5.54 Å². The highest BCUT2D eigenvalue weighted by molar-refractivity contribution is 9.10. The second kappa shape index (κ2) is 8.85. The fourth-order valence-electron chi connectivity index (χ4n) is 3.28. The smallest absolute Gasteiger partial charge is 0.241 e. The Morgan fingerprint density at radius 2 is 2.00 bits per heavy atom. The average molecular weight is 434 g/mol. The summed E-state index contributed by atoms with van der Waals surface area (Å²) in [6.45, 7) is 8.68. The quantitative estimate of drug-likeness (QED) is 0.686. The van der Waals surface area contributed by atoms with E-state index in [9.17, 15) is 4.79 Å². The number of nitrogens with one attached hydrogen (secondary N) is 1. The average Bonchev–Trinajstić information content (AvgIpc) is 2.53. The number of carbonyl (C=O) groups excluding carboxylic acids is 1. The molecule has 1 aliphatic carbocycles. The Morgan fingerprint density at radius 3 is 2.52 bits per heavy atom. The summed E-state index contributed by atoms with van der Waals surface area (Å²) in [6.07, 6.45) is 2.45. The Bertz CT molecular complexity index is 579. The fraction of sp³-hybridized carbons (Fsp3) is 0.632. The number of amides is 1. The topological polar surface area (TPSA) is 64.3 Å². The van der Waals surface area contributed by atoms with Crippen LogP contribution in [0.25, 0.3) is 0 Å². The molecule has 0 aromatic heterocycles. The van der Waals surface area contributed by atoms with Crippen molar-refractivity contribution in [2.75, 3.05) is 6.61 Å². The van der Waals surface area contributed by atoms with Crippen molar-refractivity contribution >= 4 is 34.2 Å². The van der Waals surface area contributed by atoms with E-state index in [2.05, 4.69) is 33.4 Å². The SMILES string of the molecule is CCOC1CC(N)(C(=O)NC(C)CCc2ccc(Br)cc2)C1(C)C.Cl. The molecule has 1 aliphatic rings. The van der Waals surface area contributed by atoms with E-state index >= 15 is 0 Å². The lowest BCUT2D eigenvalue weighted by atomic mass is 9.54. The highest BCUT2D eigenvalue weighted by atomic mass is 79.9. The summed E-state index contributed by atoms with van der Waals surface area (Å²) >= 11 is 3.44. The molecular formula is C19H30BrClN2O2. The van der Waals surface area contributed by atoms with Gasteiger partial charge in [0.1, 0.15) is 5.54 Å². The van der Waals surface area contributed by atoms with Gasteiger partial charge in [0, 0.05) is 29.0 Å². The zero-order chi connectivity index (χ0) is 18.0. The minimum absolute atomic E-state index is 0. The number of benzene rings is 1. The van der Waals surface area contributed by atoms with Gasteiger partial charge in [-0.15, -0.1) is 12.4 Å². The maximum Gasteiger partial charge on any atom is 0.241 e. The van der Waals surface area contributed by atoms with Crippen molar-refractivity contribution < 1.29 is 9.53 Å². The molecule has 1 aromatic carbocycles. The van der Waals surface area contributed by atoms with Crippen LogP contribution in [0.3, 0.4) is 0 Å². The first kappa shape index (κ1) is 22.4. The molecule has 3 atom stereocenters. The molecule has 0 aliphatic heterocycles. The molecule has 0 heterocycles. The van der Waals surface area contributed by atoms with Gasteiger partial charge < -0.3 is 15.8 Å². The number of rotatable bonds is 7. The van der Waals surface area contributed by atoms with Gasteiger partial charge in [0.05, 0.1) is 6.10 Å². The molecule has 1 fully saturated rings. The van der Waals surface area contributed by atoms with E-state index in [1.165, 1.54) is 5.56 Å². The molecule has 2 rings (SSSR count). The molecule has 3 unspecified atom stereocenters. The van der Waals surface area contributed by atoms with Crippen molar-refractivity contribution in [2.24, 2.45) is 11.1 Å². The van der Waals surface area contributed by atoms with Gasteiger partial charge in [-0.1, -0.05) is 41.9 Å². The van der Waals surface area contributed by atoms with E-state index in [4.69, 9.17) is 10.5 Å². The lowest BCUT2D eigenvalue weighted by molar-refractivity contribution is -0.171. The normalized spacial score (nSPS) is 25.4. The van der Waals surface area contributed by atoms with E-state index in [1.54, 1.807) is 0 Å². The fourth-order valence-corrected chi connectivity index (χ4v) is 3.54. The first-order valence-electron chi connectivity index (χ1n) is 8.66.